The lowest BCUT2D eigenvalue weighted by molar-refractivity contribution is 0.400. The van der Waals surface area contributed by atoms with Crippen molar-refractivity contribution >= 4 is 29.0 Å². The zero-order valence-corrected chi connectivity index (χ0v) is 12.2. The standard InChI is InChI=1S/C16H15NO2S/c1-18-13-7-8-14(19-2)16-15(13)11(9-20)10-5-3-4-6-12(10)17-16/h3-9,11,17H,1-2H3. The summed E-state index contributed by atoms with van der Waals surface area (Å²) >= 11 is 5.26. The van der Waals surface area contributed by atoms with Crippen molar-refractivity contribution in [3.63, 3.8) is 0 Å². The van der Waals surface area contributed by atoms with Gasteiger partial charge in [-0.2, -0.15) is 0 Å². The first-order chi connectivity index (χ1) is 9.80. The van der Waals surface area contributed by atoms with Crippen molar-refractivity contribution in [3.05, 3.63) is 47.5 Å². The zero-order valence-electron chi connectivity index (χ0n) is 11.3. The molecule has 1 unspecified atom stereocenters. The smallest absolute Gasteiger partial charge is 0.142 e. The minimum atomic E-state index is 0.0162. The number of anilines is 2. The first kappa shape index (κ1) is 12.9. The van der Waals surface area contributed by atoms with E-state index in [-0.39, 0.29) is 5.92 Å². The predicted molar refractivity (Wildman–Crippen MR) is 84.8 cm³/mol. The lowest BCUT2D eigenvalue weighted by Gasteiger charge is -2.29. The van der Waals surface area contributed by atoms with Gasteiger partial charge in [0.2, 0.25) is 0 Å². The van der Waals surface area contributed by atoms with Crippen molar-refractivity contribution in [1.29, 1.82) is 0 Å². The van der Waals surface area contributed by atoms with Crippen molar-refractivity contribution in [2.24, 2.45) is 0 Å². The number of rotatable bonds is 3. The van der Waals surface area contributed by atoms with E-state index in [1.165, 1.54) is 0 Å². The number of hydrogen-bond acceptors (Lipinski definition) is 4. The third-order valence-corrected chi connectivity index (χ3v) is 3.88. The molecule has 2 aromatic rings. The van der Waals surface area contributed by atoms with Crippen LogP contribution in [0.4, 0.5) is 11.4 Å². The Labute approximate surface area is 123 Å². The number of methoxy groups -OCH3 is 2. The van der Waals surface area contributed by atoms with E-state index >= 15 is 0 Å². The van der Waals surface area contributed by atoms with Crippen molar-refractivity contribution in [1.82, 2.24) is 0 Å². The third-order valence-electron chi connectivity index (χ3n) is 3.61. The van der Waals surface area contributed by atoms with Gasteiger partial charge in [-0.15, -0.1) is 0 Å². The Bertz CT molecular complexity index is 670. The fourth-order valence-electron chi connectivity index (χ4n) is 2.68. The summed E-state index contributed by atoms with van der Waals surface area (Å²) in [5.41, 5.74) is 4.16. The Hall–Kier alpha value is -2.07. The van der Waals surface area contributed by atoms with E-state index < -0.39 is 0 Å². The monoisotopic (exact) mass is 285 g/mol. The van der Waals surface area contributed by atoms with Gasteiger partial charge in [0.15, 0.2) is 0 Å². The van der Waals surface area contributed by atoms with Crippen molar-refractivity contribution < 1.29 is 9.47 Å². The van der Waals surface area contributed by atoms with Gasteiger partial charge < -0.3 is 14.8 Å². The molecule has 1 heterocycles. The molecule has 0 spiro atoms. The maximum Gasteiger partial charge on any atom is 0.142 e. The SMILES string of the molecule is COc1ccc(OC)c2c1Nc1ccccc1C2C=S. The molecule has 1 atom stereocenters. The van der Waals surface area contributed by atoms with Gasteiger partial charge in [-0.05, 0) is 29.1 Å². The van der Waals surface area contributed by atoms with Crippen LogP contribution >= 0.6 is 12.2 Å². The fraction of sp³-hybridized carbons (Fsp3) is 0.188. The number of hydrogen-bond donors (Lipinski definition) is 1. The number of para-hydroxylation sites is 1. The zero-order chi connectivity index (χ0) is 14.1. The molecule has 1 N–H and O–H groups in total. The van der Waals surface area contributed by atoms with E-state index in [1.54, 1.807) is 19.6 Å². The van der Waals surface area contributed by atoms with Gasteiger partial charge in [0.05, 0.1) is 19.9 Å². The van der Waals surface area contributed by atoms with Crippen molar-refractivity contribution in [2.75, 3.05) is 19.5 Å². The molecule has 3 rings (SSSR count). The van der Waals surface area contributed by atoms with Crippen LogP contribution in [0.15, 0.2) is 36.4 Å². The Morgan fingerprint density at radius 2 is 1.75 bits per heavy atom. The van der Waals surface area contributed by atoms with Crippen molar-refractivity contribution in [3.8, 4) is 11.5 Å². The molecule has 0 fully saturated rings. The molecule has 2 aromatic carbocycles. The van der Waals surface area contributed by atoms with Gasteiger partial charge in [-0.1, -0.05) is 30.4 Å². The first-order valence-electron chi connectivity index (χ1n) is 6.36. The van der Waals surface area contributed by atoms with Gasteiger partial charge in [0.1, 0.15) is 11.5 Å². The van der Waals surface area contributed by atoms with Crippen LogP contribution in [0.5, 0.6) is 11.5 Å². The summed E-state index contributed by atoms with van der Waals surface area (Å²) in [4.78, 5) is 0. The minimum Gasteiger partial charge on any atom is -0.496 e. The van der Waals surface area contributed by atoms with E-state index in [0.29, 0.717) is 0 Å². The maximum atomic E-state index is 5.50. The van der Waals surface area contributed by atoms with Crippen LogP contribution in [-0.4, -0.2) is 19.6 Å². The summed E-state index contributed by atoms with van der Waals surface area (Å²) < 4.78 is 11.0. The molecule has 0 saturated carbocycles. The number of fused-ring (bicyclic) bond motifs is 2. The molecular formula is C16H15NO2S. The molecule has 0 aliphatic carbocycles. The molecule has 0 aromatic heterocycles. The summed E-state index contributed by atoms with van der Waals surface area (Å²) in [6.07, 6.45) is 0. The number of ether oxygens (including phenoxy) is 2. The quantitative estimate of drug-likeness (QED) is 0.867. The Morgan fingerprint density at radius 1 is 1.05 bits per heavy atom. The maximum absolute atomic E-state index is 5.50. The first-order valence-corrected chi connectivity index (χ1v) is 6.83. The number of benzene rings is 2. The molecule has 3 nitrogen and oxygen atoms in total. The predicted octanol–water partition coefficient (Wildman–Crippen LogP) is 3.89. The largest absolute Gasteiger partial charge is 0.496 e. The van der Waals surface area contributed by atoms with Gasteiger partial charge in [0, 0.05) is 17.2 Å². The number of thiocarbonyl (C=S) groups is 1. The Balaban J connectivity index is 2.28. The lowest BCUT2D eigenvalue weighted by Crippen LogP contribution is -2.15. The van der Waals surface area contributed by atoms with E-state index in [4.69, 9.17) is 21.7 Å². The normalized spacial score (nSPS) is 15.6. The molecule has 1 aliphatic rings. The summed E-state index contributed by atoms with van der Waals surface area (Å²) in [6, 6.07) is 12.0. The molecule has 0 amide bonds. The summed E-state index contributed by atoms with van der Waals surface area (Å²) in [5, 5.41) is 5.21. The highest BCUT2D eigenvalue weighted by Gasteiger charge is 2.29. The second-order valence-corrected chi connectivity index (χ2v) is 4.86. The van der Waals surface area contributed by atoms with Crippen LogP contribution in [0.2, 0.25) is 0 Å². The molecule has 4 heteroatoms. The van der Waals surface area contributed by atoms with Gasteiger partial charge >= 0.3 is 0 Å². The summed E-state index contributed by atoms with van der Waals surface area (Å²) in [5.74, 6) is 1.62. The van der Waals surface area contributed by atoms with Crippen LogP contribution in [0.25, 0.3) is 0 Å². The minimum absolute atomic E-state index is 0.0162. The topological polar surface area (TPSA) is 30.5 Å². The van der Waals surface area contributed by atoms with Gasteiger partial charge in [0.25, 0.3) is 0 Å². The van der Waals surface area contributed by atoms with Crippen molar-refractivity contribution in [2.45, 2.75) is 5.92 Å². The second-order valence-electron chi connectivity index (χ2n) is 4.58. The molecule has 102 valence electrons. The molecular weight excluding hydrogens is 270 g/mol. The van der Waals surface area contributed by atoms with Crippen LogP contribution in [0, 0.1) is 0 Å². The summed E-state index contributed by atoms with van der Waals surface area (Å²) in [7, 11) is 3.33. The van der Waals surface area contributed by atoms with E-state index in [1.807, 2.05) is 30.3 Å². The molecule has 20 heavy (non-hydrogen) atoms. The molecule has 0 radical (unpaired) electrons. The van der Waals surface area contributed by atoms with E-state index in [9.17, 15) is 0 Å². The highest BCUT2D eigenvalue weighted by molar-refractivity contribution is 7.79. The molecule has 0 bridgehead atoms. The third kappa shape index (κ3) is 1.84. The molecule has 1 aliphatic heterocycles. The van der Waals surface area contributed by atoms with Crippen LogP contribution < -0.4 is 14.8 Å². The Morgan fingerprint density at radius 3 is 2.45 bits per heavy atom. The van der Waals surface area contributed by atoms with E-state index in [0.717, 1.165) is 34.0 Å². The fourth-order valence-corrected chi connectivity index (χ4v) is 2.96. The van der Waals surface area contributed by atoms with Gasteiger partial charge in [-0.25, -0.2) is 0 Å². The number of nitrogens with one attached hydrogen (secondary N) is 1. The second kappa shape index (κ2) is 5.13. The van der Waals surface area contributed by atoms with Crippen LogP contribution in [0.3, 0.4) is 0 Å². The highest BCUT2D eigenvalue weighted by atomic mass is 32.1. The van der Waals surface area contributed by atoms with Crippen LogP contribution in [-0.2, 0) is 0 Å². The van der Waals surface area contributed by atoms with Crippen LogP contribution in [0.1, 0.15) is 17.0 Å². The van der Waals surface area contributed by atoms with Gasteiger partial charge in [-0.3, -0.25) is 0 Å². The molecule has 0 saturated heterocycles. The van der Waals surface area contributed by atoms with E-state index in [2.05, 4.69) is 11.4 Å². The summed E-state index contributed by atoms with van der Waals surface area (Å²) in [6.45, 7) is 0. The average Bonchev–Trinajstić information content (AvgIpc) is 2.51. The lowest BCUT2D eigenvalue weighted by atomic mass is 9.86. The average molecular weight is 285 g/mol. The highest BCUT2D eigenvalue weighted by Crippen LogP contribution is 2.48. The Kier molecular flexibility index (Phi) is 3.32.